The van der Waals surface area contributed by atoms with E-state index in [0.29, 0.717) is 11.4 Å². The Labute approximate surface area is 153 Å². The normalized spacial score (nSPS) is 11.0. The maximum absolute atomic E-state index is 12.0. The Morgan fingerprint density at radius 3 is 2.35 bits per heavy atom. The standard InChI is InChI=1S/C20H23N3O3/c1-13-6-5-7-19(14(13)2)22-20(25)12-26-23-15(3)17-8-10-18(11-9-17)21-16(4)24/h5-11H,12H2,1-4H3,(H,21,24)(H,22,25)/b23-15+. The Balaban J connectivity index is 1.89. The van der Waals surface area contributed by atoms with Crippen LogP contribution in [-0.4, -0.2) is 24.1 Å². The molecule has 6 nitrogen and oxygen atoms in total. The molecular weight excluding hydrogens is 330 g/mol. The van der Waals surface area contributed by atoms with Gasteiger partial charge >= 0.3 is 0 Å². The number of amides is 2. The molecule has 0 aliphatic carbocycles. The summed E-state index contributed by atoms with van der Waals surface area (Å²) in [6, 6.07) is 12.9. The van der Waals surface area contributed by atoms with Crippen molar-refractivity contribution in [1.29, 1.82) is 0 Å². The number of nitrogens with one attached hydrogen (secondary N) is 2. The van der Waals surface area contributed by atoms with Crippen molar-refractivity contribution >= 4 is 28.9 Å². The molecular formula is C20H23N3O3. The molecule has 0 aromatic heterocycles. The number of oxime groups is 1. The Morgan fingerprint density at radius 2 is 1.69 bits per heavy atom. The third-order valence-corrected chi connectivity index (χ3v) is 3.90. The molecule has 26 heavy (non-hydrogen) atoms. The first kappa shape index (κ1) is 19.2. The summed E-state index contributed by atoms with van der Waals surface area (Å²) in [5.41, 5.74) is 5.10. The van der Waals surface area contributed by atoms with E-state index in [0.717, 1.165) is 22.4 Å². The first-order valence-corrected chi connectivity index (χ1v) is 8.27. The highest BCUT2D eigenvalue weighted by atomic mass is 16.6. The summed E-state index contributed by atoms with van der Waals surface area (Å²) in [6.07, 6.45) is 0. The lowest BCUT2D eigenvalue weighted by molar-refractivity contribution is -0.120. The van der Waals surface area contributed by atoms with Crippen molar-refractivity contribution in [2.45, 2.75) is 27.7 Å². The summed E-state index contributed by atoms with van der Waals surface area (Å²) < 4.78 is 0. The lowest BCUT2D eigenvalue weighted by Crippen LogP contribution is -2.18. The molecule has 0 heterocycles. The zero-order chi connectivity index (χ0) is 19.1. The average Bonchev–Trinajstić information content (AvgIpc) is 2.59. The molecule has 0 bridgehead atoms. The smallest absolute Gasteiger partial charge is 0.265 e. The number of nitrogens with zero attached hydrogens (tertiary/aromatic N) is 1. The lowest BCUT2D eigenvalue weighted by Gasteiger charge is -2.10. The fraction of sp³-hybridized carbons (Fsp3) is 0.250. The molecule has 2 aromatic carbocycles. The number of hydrogen-bond acceptors (Lipinski definition) is 4. The minimum absolute atomic E-state index is 0.124. The van der Waals surface area contributed by atoms with Crippen LogP contribution < -0.4 is 10.6 Å². The molecule has 0 fully saturated rings. The summed E-state index contributed by atoms with van der Waals surface area (Å²) in [5, 5.41) is 9.49. The summed E-state index contributed by atoms with van der Waals surface area (Å²) in [5.74, 6) is -0.391. The zero-order valence-electron chi connectivity index (χ0n) is 15.4. The van der Waals surface area contributed by atoms with Gasteiger partial charge in [-0.25, -0.2) is 0 Å². The number of rotatable bonds is 6. The van der Waals surface area contributed by atoms with E-state index >= 15 is 0 Å². The fourth-order valence-electron chi connectivity index (χ4n) is 2.31. The molecule has 0 atom stereocenters. The highest BCUT2D eigenvalue weighted by Crippen LogP contribution is 2.17. The van der Waals surface area contributed by atoms with Gasteiger partial charge in [-0.1, -0.05) is 29.4 Å². The van der Waals surface area contributed by atoms with Crippen molar-refractivity contribution in [3.8, 4) is 0 Å². The van der Waals surface area contributed by atoms with Gasteiger partial charge in [0.15, 0.2) is 6.61 Å². The fourth-order valence-corrected chi connectivity index (χ4v) is 2.31. The number of benzene rings is 2. The molecule has 0 unspecified atom stereocenters. The number of aryl methyl sites for hydroxylation is 1. The van der Waals surface area contributed by atoms with Gasteiger partial charge in [-0.2, -0.15) is 0 Å². The highest BCUT2D eigenvalue weighted by Gasteiger charge is 2.07. The molecule has 2 N–H and O–H groups in total. The van der Waals surface area contributed by atoms with Gasteiger partial charge in [-0.15, -0.1) is 0 Å². The van der Waals surface area contributed by atoms with Gasteiger partial charge < -0.3 is 15.5 Å². The van der Waals surface area contributed by atoms with Crippen LogP contribution in [0, 0.1) is 13.8 Å². The number of carbonyl (C=O) groups excluding carboxylic acids is 2. The van der Waals surface area contributed by atoms with E-state index in [1.807, 2.05) is 44.2 Å². The summed E-state index contributed by atoms with van der Waals surface area (Å²) in [4.78, 5) is 28.2. The molecule has 2 amide bonds. The minimum Gasteiger partial charge on any atom is -0.385 e. The van der Waals surface area contributed by atoms with E-state index < -0.39 is 0 Å². The van der Waals surface area contributed by atoms with Crippen molar-refractivity contribution in [2.75, 3.05) is 17.2 Å². The number of carbonyl (C=O) groups is 2. The number of anilines is 2. The molecule has 0 spiro atoms. The monoisotopic (exact) mass is 353 g/mol. The average molecular weight is 353 g/mol. The molecule has 0 radical (unpaired) electrons. The van der Waals surface area contributed by atoms with Gasteiger partial charge in [0, 0.05) is 18.3 Å². The van der Waals surface area contributed by atoms with Gasteiger partial charge in [0.1, 0.15) is 0 Å². The molecule has 0 aliphatic rings. The molecule has 6 heteroatoms. The zero-order valence-corrected chi connectivity index (χ0v) is 15.4. The van der Waals surface area contributed by atoms with Crippen LogP contribution in [0.3, 0.4) is 0 Å². The van der Waals surface area contributed by atoms with Crippen LogP contribution in [0.2, 0.25) is 0 Å². The van der Waals surface area contributed by atoms with Crippen LogP contribution in [0.25, 0.3) is 0 Å². The van der Waals surface area contributed by atoms with Gasteiger partial charge in [0.25, 0.3) is 5.91 Å². The van der Waals surface area contributed by atoms with Crippen molar-refractivity contribution in [3.63, 3.8) is 0 Å². The second kappa shape index (κ2) is 8.80. The van der Waals surface area contributed by atoms with Crippen LogP contribution in [0.4, 0.5) is 11.4 Å². The van der Waals surface area contributed by atoms with Crippen molar-refractivity contribution in [3.05, 3.63) is 59.2 Å². The van der Waals surface area contributed by atoms with Gasteiger partial charge in [-0.05, 0) is 55.7 Å². The summed E-state index contributed by atoms with van der Waals surface area (Å²) in [7, 11) is 0. The topological polar surface area (TPSA) is 79.8 Å². The largest absolute Gasteiger partial charge is 0.385 e. The van der Waals surface area contributed by atoms with E-state index in [2.05, 4.69) is 15.8 Å². The van der Waals surface area contributed by atoms with E-state index in [-0.39, 0.29) is 18.4 Å². The van der Waals surface area contributed by atoms with Crippen LogP contribution in [0.5, 0.6) is 0 Å². The SMILES string of the molecule is CC(=O)Nc1ccc(/C(C)=N/OCC(=O)Nc2cccc(C)c2C)cc1. The molecule has 136 valence electrons. The van der Waals surface area contributed by atoms with E-state index in [1.165, 1.54) is 6.92 Å². The molecule has 0 saturated carbocycles. The van der Waals surface area contributed by atoms with Crippen LogP contribution >= 0.6 is 0 Å². The second-order valence-corrected chi connectivity index (χ2v) is 6.00. The quantitative estimate of drug-likeness (QED) is 0.614. The predicted octanol–water partition coefficient (Wildman–Crippen LogP) is 3.64. The first-order valence-electron chi connectivity index (χ1n) is 8.27. The van der Waals surface area contributed by atoms with Crippen LogP contribution in [0.1, 0.15) is 30.5 Å². The van der Waals surface area contributed by atoms with Gasteiger partial charge in [-0.3, -0.25) is 9.59 Å². The highest BCUT2D eigenvalue weighted by molar-refractivity contribution is 5.99. The molecule has 2 aromatic rings. The molecule has 0 saturated heterocycles. The van der Waals surface area contributed by atoms with E-state index in [9.17, 15) is 9.59 Å². The third-order valence-electron chi connectivity index (χ3n) is 3.90. The van der Waals surface area contributed by atoms with Crippen molar-refractivity contribution in [1.82, 2.24) is 0 Å². The van der Waals surface area contributed by atoms with Crippen LogP contribution in [0.15, 0.2) is 47.6 Å². The van der Waals surface area contributed by atoms with E-state index in [1.54, 1.807) is 19.1 Å². The van der Waals surface area contributed by atoms with Crippen molar-refractivity contribution < 1.29 is 14.4 Å². The molecule has 2 rings (SSSR count). The minimum atomic E-state index is -0.267. The first-order chi connectivity index (χ1) is 12.4. The Hall–Kier alpha value is -3.15. The predicted molar refractivity (Wildman–Crippen MR) is 103 cm³/mol. The Morgan fingerprint density at radius 1 is 1.00 bits per heavy atom. The van der Waals surface area contributed by atoms with Crippen molar-refractivity contribution in [2.24, 2.45) is 5.16 Å². The maximum Gasteiger partial charge on any atom is 0.265 e. The lowest BCUT2D eigenvalue weighted by atomic mass is 10.1. The van der Waals surface area contributed by atoms with E-state index in [4.69, 9.17) is 4.84 Å². The summed E-state index contributed by atoms with van der Waals surface area (Å²) in [6.45, 7) is 7.02. The second-order valence-electron chi connectivity index (χ2n) is 6.00. The Bertz CT molecular complexity index is 827. The van der Waals surface area contributed by atoms with Gasteiger partial charge in [0.05, 0.1) is 5.71 Å². The van der Waals surface area contributed by atoms with Crippen LogP contribution in [-0.2, 0) is 14.4 Å². The van der Waals surface area contributed by atoms with Gasteiger partial charge in [0.2, 0.25) is 5.91 Å². The summed E-state index contributed by atoms with van der Waals surface area (Å²) >= 11 is 0. The maximum atomic E-state index is 12.0. The third kappa shape index (κ3) is 5.44. The molecule has 0 aliphatic heterocycles. The Kier molecular flexibility index (Phi) is 6.49. The number of hydrogen-bond donors (Lipinski definition) is 2.